The van der Waals surface area contributed by atoms with Gasteiger partial charge in [-0.1, -0.05) is 30.3 Å². The number of hydrogen-bond acceptors (Lipinski definition) is 8. The predicted molar refractivity (Wildman–Crippen MR) is 79.8 cm³/mol. The monoisotopic (exact) mass is 359 g/mol. The molecule has 0 spiro atoms. The Hall–Kier alpha value is -1.91. The van der Waals surface area contributed by atoms with Crippen molar-refractivity contribution in [1.29, 1.82) is 0 Å². The van der Waals surface area contributed by atoms with Crippen LogP contribution < -0.4 is 0 Å². The van der Waals surface area contributed by atoms with Gasteiger partial charge in [0.1, 0.15) is 5.75 Å². The molecule has 2 rings (SSSR count). The van der Waals surface area contributed by atoms with E-state index in [1.165, 1.54) is 0 Å². The molecule has 0 atom stereocenters. The first-order valence-corrected chi connectivity index (χ1v) is 9.43. The zero-order valence-electron chi connectivity index (χ0n) is 11.8. The quantitative estimate of drug-likeness (QED) is 0.519. The number of carbonyl (C=O) groups excluding carboxylic acids is 3. The second kappa shape index (κ2) is 7.57. The van der Waals surface area contributed by atoms with E-state index in [4.69, 9.17) is 4.18 Å². The Kier molecular flexibility index (Phi) is 5.74. The Labute approximate surface area is 136 Å². The van der Waals surface area contributed by atoms with Crippen LogP contribution in [0.25, 0.3) is 0 Å². The molecule has 0 aliphatic carbocycles. The molecule has 0 N–H and O–H groups in total. The molecule has 10 heteroatoms. The van der Waals surface area contributed by atoms with Crippen molar-refractivity contribution in [3.8, 4) is 0 Å². The molecule has 1 fully saturated rings. The van der Waals surface area contributed by atoms with Crippen molar-refractivity contribution in [3.05, 3.63) is 35.9 Å². The fourth-order valence-electron chi connectivity index (χ4n) is 1.65. The van der Waals surface area contributed by atoms with Crippen LogP contribution in [0.2, 0.25) is 0 Å². The van der Waals surface area contributed by atoms with Crippen LogP contribution in [0, 0.1) is 0 Å². The summed E-state index contributed by atoms with van der Waals surface area (Å²) in [5.41, 5.74) is 0.660. The Morgan fingerprint density at radius 3 is 2.35 bits per heavy atom. The number of nitrogens with zero attached hydrogens (tertiary/aromatic N) is 1. The van der Waals surface area contributed by atoms with Crippen LogP contribution in [0.15, 0.2) is 30.3 Å². The van der Waals surface area contributed by atoms with Crippen molar-refractivity contribution in [2.24, 2.45) is 0 Å². The van der Waals surface area contributed by atoms with Gasteiger partial charge in [0.05, 0.1) is 6.61 Å². The van der Waals surface area contributed by atoms with Crippen LogP contribution >= 0.6 is 10.8 Å². The fraction of sp³-hybridized carbons (Fsp3) is 0.308. The lowest BCUT2D eigenvalue weighted by Gasteiger charge is -2.12. The number of carbonyl (C=O) groups is 3. The number of rotatable bonds is 7. The maximum atomic E-state index is 11.7. The Morgan fingerprint density at radius 2 is 1.74 bits per heavy atom. The maximum Gasteiger partial charge on any atom is 0.344 e. The molecule has 1 aromatic carbocycles. The average Bonchev–Trinajstić information content (AvgIpc) is 2.84. The first-order chi connectivity index (χ1) is 10.9. The second-order valence-electron chi connectivity index (χ2n) is 4.46. The van der Waals surface area contributed by atoms with Crippen LogP contribution in [0.4, 0.5) is 0 Å². The predicted octanol–water partition coefficient (Wildman–Crippen LogP) is 0.788. The van der Waals surface area contributed by atoms with Crippen LogP contribution in [0.5, 0.6) is 0 Å². The van der Waals surface area contributed by atoms with Crippen LogP contribution in [0.3, 0.4) is 0 Å². The van der Waals surface area contributed by atoms with E-state index in [1.54, 1.807) is 30.3 Å². The minimum atomic E-state index is -4.01. The molecular formula is C13H13NO7S2. The van der Waals surface area contributed by atoms with E-state index in [-0.39, 0.29) is 30.2 Å². The molecule has 1 saturated heterocycles. The van der Waals surface area contributed by atoms with E-state index in [0.29, 0.717) is 10.6 Å². The molecule has 0 saturated carbocycles. The fourth-order valence-corrected chi connectivity index (χ4v) is 3.37. The third kappa shape index (κ3) is 5.34. The molecule has 1 heterocycles. The van der Waals surface area contributed by atoms with Crippen molar-refractivity contribution < 1.29 is 31.8 Å². The first-order valence-electron chi connectivity index (χ1n) is 6.52. The molecule has 0 unspecified atom stereocenters. The van der Waals surface area contributed by atoms with Crippen LogP contribution in [0.1, 0.15) is 18.4 Å². The van der Waals surface area contributed by atoms with Gasteiger partial charge in [0.15, 0.2) is 0 Å². The summed E-state index contributed by atoms with van der Waals surface area (Å²) < 4.78 is 28.1. The largest absolute Gasteiger partial charge is 0.344 e. The summed E-state index contributed by atoms with van der Waals surface area (Å²) in [4.78, 5) is 38.6. The van der Waals surface area contributed by atoms with E-state index in [1.807, 2.05) is 0 Å². The summed E-state index contributed by atoms with van der Waals surface area (Å²) in [6.07, 6.45) is -0.0600. The normalized spacial score (nSPS) is 15.0. The molecule has 0 radical (unpaired) electrons. The molecule has 0 bridgehead atoms. The van der Waals surface area contributed by atoms with Crippen LogP contribution in [-0.4, -0.2) is 37.0 Å². The van der Waals surface area contributed by atoms with E-state index >= 15 is 0 Å². The first kappa shape index (κ1) is 17.4. The summed E-state index contributed by atoms with van der Waals surface area (Å²) in [6.45, 7) is -0.158. The smallest absolute Gasteiger partial charge is 0.329 e. The van der Waals surface area contributed by atoms with Gasteiger partial charge in [0.25, 0.3) is 11.8 Å². The van der Waals surface area contributed by atoms with Crippen molar-refractivity contribution in [2.45, 2.75) is 19.4 Å². The molecule has 2 amide bonds. The van der Waals surface area contributed by atoms with Gasteiger partial charge < -0.3 is 4.84 Å². The lowest BCUT2D eigenvalue weighted by atomic mass is 10.2. The molecule has 1 aromatic rings. The zero-order valence-corrected chi connectivity index (χ0v) is 13.5. The van der Waals surface area contributed by atoms with Gasteiger partial charge in [-0.2, -0.15) is 8.42 Å². The van der Waals surface area contributed by atoms with Gasteiger partial charge >= 0.3 is 15.1 Å². The van der Waals surface area contributed by atoms with Crippen LogP contribution in [-0.2, 0) is 39.2 Å². The highest BCUT2D eigenvalue weighted by molar-refractivity contribution is 8.70. The molecule has 1 aliphatic heterocycles. The van der Waals surface area contributed by atoms with Gasteiger partial charge in [-0.25, -0.2) is 4.79 Å². The van der Waals surface area contributed by atoms with Crippen molar-refractivity contribution in [1.82, 2.24) is 5.06 Å². The molecule has 1 aliphatic rings. The standard InChI is InChI=1S/C13H13NO7S2/c15-11-6-7-12(16)14(11)21-13(17)9-22-23(18,19)20-8-10-4-2-1-3-5-10/h1-5H,6-9H2. The average molecular weight is 359 g/mol. The van der Waals surface area contributed by atoms with Gasteiger partial charge in [-0.3, -0.25) is 13.8 Å². The number of hydroxylamine groups is 2. The molecule has 0 aromatic heterocycles. The maximum absolute atomic E-state index is 11.7. The molecule has 8 nitrogen and oxygen atoms in total. The Morgan fingerprint density at radius 1 is 1.13 bits per heavy atom. The summed E-state index contributed by atoms with van der Waals surface area (Å²) in [6, 6.07) is 8.64. The minimum Gasteiger partial charge on any atom is -0.329 e. The Balaban J connectivity index is 1.78. The van der Waals surface area contributed by atoms with Crippen molar-refractivity contribution in [3.63, 3.8) is 0 Å². The van der Waals surface area contributed by atoms with Gasteiger partial charge in [-0.15, -0.1) is 5.06 Å². The Bertz CT molecular complexity index is 686. The zero-order chi connectivity index (χ0) is 16.9. The van der Waals surface area contributed by atoms with Gasteiger partial charge in [0, 0.05) is 23.6 Å². The highest BCUT2D eigenvalue weighted by Crippen LogP contribution is 2.18. The van der Waals surface area contributed by atoms with E-state index in [9.17, 15) is 22.8 Å². The van der Waals surface area contributed by atoms with E-state index < -0.39 is 32.7 Å². The molecule has 23 heavy (non-hydrogen) atoms. The van der Waals surface area contributed by atoms with Gasteiger partial charge in [-0.05, 0) is 5.56 Å². The van der Waals surface area contributed by atoms with E-state index in [2.05, 4.69) is 4.84 Å². The minimum absolute atomic E-state index is 0.0300. The second-order valence-corrected chi connectivity index (χ2v) is 7.97. The van der Waals surface area contributed by atoms with Gasteiger partial charge in [0.2, 0.25) is 0 Å². The number of imide groups is 1. The molecule has 124 valence electrons. The summed E-state index contributed by atoms with van der Waals surface area (Å²) >= 11 is 0. The summed E-state index contributed by atoms with van der Waals surface area (Å²) in [5.74, 6) is -2.88. The SMILES string of the molecule is O=C(CSS(=O)(=O)OCc1ccccc1)ON1C(=O)CCC1=O. The topological polar surface area (TPSA) is 107 Å². The summed E-state index contributed by atoms with van der Waals surface area (Å²) in [5, 5.41) is 0.361. The number of hydrogen-bond donors (Lipinski definition) is 0. The third-order valence-electron chi connectivity index (χ3n) is 2.73. The lowest BCUT2D eigenvalue weighted by molar-refractivity contribution is -0.195. The highest BCUT2D eigenvalue weighted by atomic mass is 33.1. The molecular weight excluding hydrogens is 346 g/mol. The number of benzene rings is 1. The highest BCUT2D eigenvalue weighted by Gasteiger charge is 2.33. The van der Waals surface area contributed by atoms with E-state index in [0.717, 1.165) is 0 Å². The third-order valence-corrected chi connectivity index (χ3v) is 5.29. The summed E-state index contributed by atoms with van der Waals surface area (Å²) in [7, 11) is -3.79. The van der Waals surface area contributed by atoms with Crippen molar-refractivity contribution in [2.75, 3.05) is 5.75 Å². The lowest BCUT2D eigenvalue weighted by Crippen LogP contribution is -2.32. The number of amides is 2. The van der Waals surface area contributed by atoms with Crippen molar-refractivity contribution >= 4 is 37.7 Å².